The third kappa shape index (κ3) is 10.1. The number of cyclic esters (lactones) is 1. The molecule has 90 heavy (non-hydrogen) atoms. The Morgan fingerprint density at radius 2 is 1.13 bits per heavy atom. The number of aromatic hydroxyl groups is 19. The fraction of sp³-hybridized carbons (Fsp3) is 0.203. The molecular formula is C59H50O31. The second-order valence-corrected chi connectivity index (χ2v) is 20.5. The lowest BCUT2D eigenvalue weighted by Gasteiger charge is -2.38. The Bertz CT molecular complexity index is 4210. The highest BCUT2D eigenvalue weighted by molar-refractivity contribution is 6.08. The monoisotopic (exact) mass is 1250 g/mol. The summed E-state index contributed by atoms with van der Waals surface area (Å²) >= 11 is 0. The van der Waals surface area contributed by atoms with Crippen LogP contribution >= 0.6 is 0 Å². The van der Waals surface area contributed by atoms with Crippen molar-refractivity contribution in [1.82, 2.24) is 0 Å². The van der Waals surface area contributed by atoms with Crippen molar-refractivity contribution in [3.63, 3.8) is 0 Å². The minimum absolute atomic E-state index is 0.0459. The van der Waals surface area contributed by atoms with Crippen LogP contribution in [0.2, 0.25) is 0 Å². The molecule has 0 amide bonds. The highest BCUT2D eigenvalue weighted by atomic mass is 16.6. The molecule has 0 fully saturated rings. The second-order valence-electron chi connectivity index (χ2n) is 20.5. The Hall–Kier alpha value is -12.1. The van der Waals surface area contributed by atoms with E-state index in [4.69, 9.17) is 23.7 Å². The van der Waals surface area contributed by atoms with Gasteiger partial charge in [-0.2, -0.15) is 0 Å². The van der Waals surface area contributed by atoms with Crippen LogP contribution in [0.15, 0.2) is 42.5 Å². The third-order valence-corrected chi connectivity index (χ3v) is 15.2. The molecule has 31 heteroatoms. The molecule has 6 atom stereocenters. The van der Waals surface area contributed by atoms with Crippen LogP contribution in [0.25, 0.3) is 33.4 Å². The van der Waals surface area contributed by atoms with Crippen LogP contribution < -0.4 is 4.74 Å². The van der Waals surface area contributed by atoms with Crippen molar-refractivity contribution in [2.24, 2.45) is 0 Å². The first-order valence-electron chi connectivity index (χ1n) is 26.0. The molecule has 0 radical (unpaired) electrons. The minimum atomic E-state index is -2.23. The Balaban J connectivity index is 1.16. The third-order valence-electron chi connectivity index (χ3n) is 15.2. The van der Waals surface area contributed by atoms with Gasteiger partial charge < -0.3 is 131 Å². The van der Waals surface area contributed by atoms with Gasteiger partial charge in [-0.15, -0.1) is 0 Å². The lowest BCUT2D eigenvalue weighted by atomic mass is 9.76. The number of phenols is 19. The van der Waals surface area contributed by atoms with Crippen molar-refractivity contribution in [2.45, 2.75) is 63.6 Å². The molecule has 31 nitrogen and oxygen atoms in total. The number of carbonyl (C=O) groups excluding carboxylic acids is 5. The van der Waals surface area contributed by atoms with Crippen molar-refractivity contribution in [2.75, 3.05) is 13.2 Å². The lowest BCUT2D eigenvalue weighted by molar-refractivity contribution is -0.152. The smallest absolute Gasteiger partial charge is 0.342 e. The van der Waals surface area contributed by atoms with Gasteiger partial charge in [0, 0.05) is 62.6 Å². The van der Waals surface area contributed by atoms with Gasteiger partial charge >= 0.3 is 17.9 Å². The molecule has 7 aromatic rings. The molecular weight excluding hydrogens is 1200 g/mol. The quantitative estimate of drug-likeness (QED) is 0.0273. The van der Waals surface area contributed by atoms with Crippen molar-refractivity contribution < 1.29 is 155 Å². The van der Waals surface area contributed by atoms with Crippen LogP contribution in [-0.2, 0) is 39.7 Å². The zero-order valence-corrected chi connectivity index (χ0v) is 46.2. The van der Waals surface area contributed by atoms with E-state index in [0.717, 1.165) is 31.2 Å². The maximum atomic E-state index is 14.4. The van der Waals surface area contributed by atoms with Gasteiger partial charge in [0.05, 0.1) is 23.1 Å². The van der Waals surface area contributed by atoms with Gasteiger partial charge in [0.1, 0.15) is 48.2 Å². The van der Waals surface area contributed by atoms with E-state index in [2.05, 4.69) is 4.74 Å². The number of esters is 3. The van der Waals surface area contributed by atoms with Crippen molar-refractivity contribution >= 4 is 30.9 Å². The molecule has 0 aliphatic carbocycles. The van der Waals surface area contributed by atoms with Crippen LogP contribution in [0.1, 0.15) is 83.4 Å². The summed E-state index contributed by atoms with van der Waals surface area (Å²) < 4.78 is 32.3. The summed E-state index contributed by atoms with van der Waals surface area (Å²) in [5, 5.41) is 221. The van der Waals surface area contributed by atoms with E-state index in [-0.39, 0.29) is 29.6 Å². The van der Waals surface area contributed by atoms with E-state index in [0.29, 0.717) is 12.1 Å². The Morgan fingerprint density at radius 1 is 0.533 bits per heavy atom. The largest absolute Gasteiger partial charge is 0.507 e. The van der Waals surface area contributed by atoms with E-state index in [9.17, 15) is 126 Å². The number of hydrogen-bond acceptors (Lipinski definition) is 31. The molecule has 0 aromatic heterocycles. The maximum Gasteiger partial charge on any atom is 0.342 e. The number of aliphatic hydroxyl groups excluding tert-OH is 1. The summed E-state index contributed by atoms with van der Waals surface area (Å²) in [6.45, 7) is 0.575. The molecule has 2 aliphatic heterocycles. The van der Waals surface area contributed by atoms with Gasteiger partial charge in [0.2, 0.25) is 28.7 Å². The van der Waals surface area contributed by atoms with Crippen molar-refractivity contribution in [3.8, 4) is 148 Å². The first kappa shape index (κ1) is 62.4. The van der Waals surface area contributed by atoms with Crippen LogP contribution in [0.4, 0.5) is 0 Å². The van der Waals surface area contributed by atoms with Crippen LogP contribution in [0.3, 0.4) is 0 Å². The molecule has 0 saturated carbocycles. The fourth-order valence-electron chi connectivity index (χ4n) is 10.9. The van der Waals surface area contributed by atoms with Crippen LogP contribution in [0.5, 0.6) is 115 Å². The van der Waals surface area contributed by atoms with Gasteiger partial charge in [-0.3, -0.25) is 9.59 Å². The first-order chi connectivity index (χ1) is 42.4. The minimum Gasteiger partial charge on any atom is -0.507 e. The normalized spacial score (nSPS) is 16.5. The highest BCUT2D eigenvalue weighted by Gasteiger charge is 2.47. The summed E-state index contributed by atoms with van der Waals surface area (Å²) in [5.41, 5.74) is -10.8. The second kappa shape index (κ2) is 23.3. The van der Waals surface area contributed by atoms with Gasteiger partial charge in [-0.05, 0) is 67.8 Å². The number of rotatable bonds is 16. The Kier molecular flexibility index (Phi) is 16.1. The first-order valence-corrected chi connectivity index (χ1v) is 26.0. The van der Waals surface area contributed by atoms with E-state index in [1.807, 2.05) is 0 Å². The lowest BCUT2D eigenvalue weighted by Crippen LogP contribution is -2.41. The topological polar surface area (TPSA) is 545 Å². The van der Waals surface area contributed by atoms with E-state index < -0.39 is 256 Å². The summed E-state index contributed by atoms with van der Waals surface area (Å²) in [7, 11) is 0. The van der Waals surface area contributed by atoms with Gasteiger partial charge in [-0.25, -0.2) is 14.4 Å². The Morgan fingerprint density at radius 3 is 1.78 bits per heavy atom. The molecule has 0 bridgehead atoms. The molecule has 2 aliphatic rings. The molecule has 4 unspecified atom stereocenters. The average Bonchev–Trinajstić information content (AvgIpc) is 0.725. The number of ether oxygens (including phenoxy) is 6. The standard InChI is InChI=1S/C59H50O31/c1-16-6-28(66)44(71)46(73)33(16)37-22(10-29(67)45(72)49(37)76)57(82)86-13-32(31(87-15-61)12-85-14-60)89-58(83)23-8-21(42(69)52(79)43(23)70)34-17(2)35(48(75)53(80)47(34)74)39-41-40(51(78)54(81)50(39)77)36(18(3)88-59(41)84)38-27(65)11-25(63)20-9-30(68)55(90-56(20)38)19-4-5-24(62)26(64)7-19/h4-8,10-11,14-15,18,30-32,36,55,62-81H,9,12-13H2,1-3H3/t18?,30-,31?,32?,36?,55+/m0/s1. The zero-order chi connectivity index (χ0) is 66.1. The predicted molar refractivity (Wildman–Crippen MR) is 295 cm³/mol. The van der Waals surface area contributed by atoms with E-state index >= 15 is 0 Å². The van der Waals surface area contributed by atoms with Crippen molar-refractivity contribution in [1.29, 1.82) is 0 Å². The number of aryl methyl sites for hydroxylation is 1. The maximum absolute atomic E-state index is 14.4. The Labute approximate surface area is 501 Å². The fourth-order valence-corrected chi connectivity index (χ4v) is 10.9. The number of aliphatic hydroxyl groups is 1. The highest BCUT2D eigenvalue weighted by Crippen LogP contribution is 2.63. The SMILES string of the molecule is Cc1cc(O)c(O)c(O)c1-c1c(C(=O)OCC(OC(=O)c2cc(-c3c(C)c(-c4c(O)c(O)c(O)c5c4C(=O)OC(C)C5c4c(O)cc(O)c5c4O[C@H](c4ccc(O)c(O)c4)[C@@H](O)C5)c(O)c(O)c3O)c(O)c(O)c2O)C(COC=O)OC=O)cc(O)c(O)c1O. The molecule has 2 heterocycles. The summed E-state index contributed by atoms with van der Waals surface area (Å²) in [6, 6.07) is 5.98. The number of fused-ring (bicyclic) bond motifs is 2. The summed E-state index contributed by atoms with van der Waals surface area (Å²) in [5.74, 6) is -30.2. The molecule has 9 rings (SSSR count). The van der Waals surface area contributed by atoms with Gasteiger partial charge in [-0.1, -0.05) is 6.07 Å². The molecule has 7 aromatic carbocycles. The number of carbonyl (C=O) groups is 5. The van der Waals surface area contributed by atoms with Crippen LogP contribution in [-0.4, -0.2) is 171 Å². The molecule has 0 spiro atoms. The molecule has 472 valence electrons. The number of benzene rings is 7. The van der Waals surface area contributed by atoms with Gasteiger partial charge in [0.25, 0.3) is 12.9 Å². The molecule has 0 saturated heterocycles. The van der Waals surface area contributed by atoms with Gasteiger partial charge in [0.15, 0.2) is 81.2 Å². The number of hydrogen-bond donors (Lipinski definition) is 20. The van der Waals surface area contributed by atoms with Crippen LogP contribution in [0, 0.1) is 13.8 Å². The number of phenolic OH excluding ortho intramolecular Hbond substituents is 19. The zero-order valence-electron chi connectivity index (χ0n) is 46.2. The van der Waals surface area contributed by atoms with E-state index in [1.165, 1.54) is 19.9 Å². The molecule has 20 N–H and O–H groups in total. The van der Waals surface area contributed by atoms with E-state index in [1.54, 1.807) is 0 Å². The average molecular weight is 1260 g/mol. The van der Waals surface area contributed by atoms with Crippen molar-refractivity contribution in [3.05, 3.63) is 92.5 Å². The summed E-state index contributed by atoms with van der Waals surface area (Å²) in [4.78, 5) is 65.8. The summed E-state index contributed by atoms with van der Waals surface area (Å²) in [6.07, 6.45) is -9.16. The predicted octanol–water partition coefficient (Wildman–Crippen LogP) is 4.54.